The topological polar surface area (TPSA) is 12.9 Å². The molecule has 0 radical (unpaired) electrons. The summed E-state index contributed by atoms with van der Waals surface area (Å²) in [5.41, 5.74) is 20.3. The van der Waals surface area contributed by atoms with Crippen LogP contribution in [0, 0.1) is 0 Å². The fourth-order valence-electron chi connectivity index (χ4n) is 8.18. The summed E-state index contributed by atoms with van der Waals surface area (Å²) < 4.78 is 0. The molecule has 1 nitrogen and oxygen atoms in total. The molecule has 0 bridgehead atoms. The molecule has 0 amide bonds. The monoisotopic (exact) mass is 543 g/mol. The molecule has 0 aliphatic heterocycles. The standard InChI is InChI=1S/C42H25N/c1-3-10-26(11-4-1)27-18-20-28(21-19-27)30-22-23-32-33-15-9-16-34-38-40-35(25-43-41(38)29-12-5-2-6-13-29)31-14-7-8-17-36(31)42(40,39(33)34)37(32)24-30/h1-25H. The number of hydrogen-bond donors (Lipinski definition) is 0. The highest BCUT2D eigenvalue weighted by Gasteiger charge is 2.58. The Hall–Kier alpha value is -5.53. The lowest BCUT2D eigenvalue weighted by molar-refractivity contribution is 0.817. The Morgan fingerprint density at radius 1 is 0.372 bits per heavy atom. The lowest BCUT2D eigenvalue weighted by Gasteiger charge is -2.27. The van der Waals surface area contributed by atoms with Crippen LogP contribution in [0.5, 0.6) is 0 Å². The summed E-state index contributed by atoms with van der Waals surface area (Å²) >= 11 is 0. The average molecular weight is 544 g/mol. The Bertz CT molecular complexity index is 2260. The SMILES string of the molecule is c1ccc(-c2ccc(-c3ccc4c(c3)C35c6ccccc6-c6cnc(-c7ccccc7)c(c63)-c3cccc-4c35)cc2)cc1. The molecule has 0 fully saturated rings. The van der Waals surface area contributed by atoms with Crippen LogP contribution in [-0.2, 0) is 5.41 Å². The molecule has 0 N–H and O–H groups in total. The second-order valence-electron chi connectivity index (χ2n) is 11.9. The molecule has 6 aromatic carbocycles. The molecule has 1 heteroatoms. The predicted octanol–water partition coefficient (Wildman–Crippen LogP) is 10.4. The average Bonchev–Trinajstić information content (AvgIpc) is 3.68. The Kier molecular flexibility index (Phi) is 4.44. The van der Waals surface area contributed by atoms with Crippen molar-refractivity contribution < 1.29 is 0 Å². The van der Waals surface area contributed by atoms with Crippen LogP contribution in [0.3, 0.4) is 0 Å². The molecule has 1 spiro atoms. The van der Waals surface area contributed by atoms with E-state index in [1.807, 2.05) is 0 Å². The quantitative estimate of drug-likeness (QED) is 0.216. The minimum Gasteiger partial charge on any atom is -0.255 e. The van der Waals surface area contributed by atoms with E-state index in [4.69, 9.17) is 4.98 Å². The van der Waals surface area contributed by atoms with Gasteiger partial charge in [0, 0.05) is 22.9 Å². The second-order valence-corrected chi connectivity index (χ2v) is 11.9. The fraction of sp³-hybridized carbons (Fsp3) is 0.0238. The zero-order valence-corrected chi connectivity index (χ0v) is 23.4. The zero-order valence-electron chi connectivity index (χ0n) is 23.4. The molecular weight excluding hydrogens is 518 g/mol. The summed E-state index contributed by atoms with van der Waals surface area (Å²) in [7, 11) is 0. The van der Waals surface area contributed by atoms with Gasteiger partial charge in [-0.05, 0) is 72.8 Å². The Morgan fingerprint density at radius 3 is 1.74 bits per heavy atom. The number of fused-ring (bicyclic) bond motifs is 5. The largest absolute Gasteiger partial charge is 0.255 e. The first-order valence-electron chi connectivity index (χ1n) is 15.0. The fourth-order valence-corrected chi connectivity index (χ4v) is 8.18. The summed E-state index contributed by atoms with van der Waals surface area (Å²) in [6.45, 7) is 0. The van der Waals surface area contributed by atoms with E-state index in [9.17, 15) is 0 Å². The number of benzene rings is 6. The van der Waals surface area contributed by atoms with Gasteiger partial charge >= 0.3 is 0 Å². The summed E-state index contributed by atoms with van der Waals surface area (Å²) in [5, 5.41) is 0. The van der Waals surface area contributed by atoms with E-state index in [0.717, 1.165) is 11.3 Å². The van der Waals surface area contributed by atoms with Gasteiger partial charge in [-0.15, -0.1) is 0 Å². The third kappa shape index (κ3) is 2.84. The van der Waals surface area contributed by atoms with Crippen molar-refractivity contribution in [1.82, 2.24) is 4.98 Å². The van der Waals surface area contributed by atoms with Crippen LogP contribution in [0.25, 0.3) is 66.9 Å². The van der Waals surface area contributed by atoms with Crippen LogP contribution >= 0.6 is 0 Å². The van der Waals surface area contributed by atoms with E-state index in [2.05, 4.69) is 152 Å². The minimum absolute atomic E-state index is 0.338. The molecule has 10 rings (SSSR count). The van der Waals surface area contributed by atoms with Gasteiger partial charge in [0.25, 0.3) is 0 Å². The van der Waals surface area contributed by atoms with E-state index in [-0.39, 0.29) is 5.41 Å². The van der Waals surface area contributed by atoms with E-state index < -0.39 is 0 Å². The maximum Gasteiger partial charge on any atom is 0.0784 e. The van der Waals surface area contributed by atoms with Crippen LogP contribution < -0.4 is 0 Å². The molecule has 3 aliphatic carbocycles. The van der Waals surface area contributed by atoms with Gasteiger partial charge in [0.2, 0.25) is 0 Å². The number of hydrogen-bond acceptors (Lipinski definition) is 1. The van der Waals surface area contributed by atoms with Gasteiger partial charge in [0.1, 0.15) is 0 Å². The van der Waals surface area contributed by atoms with E-state index in [1.165, 1.54) is 77.9 Å². The van der Waals surface area contributed by atoms with Gasteiger partial charge in [-0.2, -0.15) is 0 Å². The van der Waals surface area contributed by atoms with Crippen molar-refractivity contribution in [2.45, 2.75) is 5.41 Å². The van der Waals surface area contributed by atoms with Crippen LogP contribution in [0.2, 0.25) is 0 Å². The molecule has 0 saturated heterocycles. The van der Waals surface area contributed by atoms with Crippen molar-refractivity contribution in [2.24, 2.45) is 0 Å². The first kappa shape index (κ1) is 23.1. The molecule has 3 aliphatic rings. The third-order valence-corrected chi connectivity index (χ3v) is 9.87. The molecule has 0 saturated carbocycles. The van der Waals surface area contributed by atoms with Gasteiger partial charge in [0.05, 0.1) is 11.1 Å². The lowest BCUT2D eigenvalue weighted by Crippen LogP contribution is -2.23. The zero-order chi connectivity index (χ0) is 28.1. The van der Waals surface area contributed by atoms with E-state index in [1.54, 1.807) is 0 Å². The van der Waals surface area contributed by atoms with Crippen LogP contribution in [-0.4, -0.2) is 4.98 Å². The van der Waals surface area contributed by atoms with Crippen LogP contribution in [0.1, 0.15) is 22.3 Å². The third-order valence-electron chi connectivity index (χ3n) is 9.87. The first-order chi connectivity index (χ1) is 21.3. The first-order valence-corrected chi connectivity index (χ1v) is 15.0. The summed E-state index contributed by atoms with van der Waals surface area (Å²) in [4.78, 5) is 5.16. The van der Waals surface area contributed by atoms with Gasteiger partial charge in [-0.25, -0.2) is 0 Å². The van der Waals surface area contributed by atoms with Crippen molar-refractivity contribution in [3.05, 3.63) is 174 Å². The highest BCUT2D eigenvalue weighted by atomic mass is 14.7. The Labute approximate surface area is 250 Å². The molecule has 1 atom stereocenters. The summed E-state index contributed by atoms with van der Waals surface area (Å²) in [5.74, 6) is 0. The van der Waals surface area contributed by atoms with E-state index in [0.29, 0.717) is 0 Å². The number of rotatable bonds is 3. The van der Waals surface area contributed by atoms with Crippen molar-refractivity contribution in [1.29, 1.82) is 0 Å². The van der Waals surface area contributed by atoms with Crippen molar-refractivity contribution in [3.8, 4) is 66.9 Å². The molecule has 198 valence electrons. The minimum atomic E-state index is -0.338. The maximum absolute atomic E-state index is 5.16. The summed E-state index contributed by atoms with van der Waals surface area (Å²) in [6, 6.07) is 53.3. The Morgan fingerprint density at radius 2 is 0.953 bits per heavy atom. The van der Waals surface area contributed by atoms with Gasteiger partial charge in [-0.1, -0.05) is 140 Å². The van der Waals surface area contributed by atoms with Crippen LogP contribution in [0.15, 0.2) is 152 Å². The molecule has 7 aromatic rings. The molecular formula is C42H25N. The molecule has 1 aromatic heterocycles. The second kappa shape index (κ2) is 8.27. The number of nitrogens with zero attached hydrogens (tertiary/aromatic N) is 1. The molecule has 43 heavy (non-hydrogen) atoms. The van der Waals surface area contributed by atoms with Gasteiger partial charge in [0.15, 0.2) is 0 Å². The van der Waals surface area contributed by atoms with Crippen molar-refractivity contribution in [3.63, 3.8) is 0 Å². The molecule has 1 heterocycles. The Balaban J connectivity index is 1.25. The highest BCUT2D eigenvalue weighted by Crippen LogP contribution is 2.70. The van der Waals surface area contributed by atoms with Gasteiger partial charge < -0.3 is 0 Å². The summed E-state index contributed by atoms with van der Waals surface area (Å²) in [6.07, 6.45) is 2.13. The highest BCUT2D eigenvalue weighted by molar-refractivity contribution is 6.09. The number of aromatic nitrogens is 1. The smallest absolute Gasteiger partial charge is 0.0784 e. The van der Waals surface area contributed by atoms with Crippen LogP contribution in [0.4, 0.5) is 0 Å². The maximum atomic E-state index is 5.16. The lowest BCUT2D eigenvalue weighted by atomic mass is 9.73. The van der Waals surface area contributed by atoms with Gasteiger partial charge in [-0.3, -0.25) is 4.98 Å². The molecule has 1 unspecified atom stereocenters. The number of pyridine rings is 1. The van der Waals surface area contributed by atoms with Crippen molar-refractivity contribution in [2.75, 3.05) is 0 Å². The predicted molar refractivity (Wildman–Crippen MR) is 176 cm³/mol. The normalized spacial score (nSPS) is 16.0. The van der Waals surface area contributed by atoms with E-state index >= 15 is 0 Å². The van der Waals surface area contributed by atoms with Crippen molar-refractivity contribution >= 4 is 0 Å².